The summed E-state index contributed by atoms with van der Waals surface area (Å²) in [6.45, 7) is 5.90. The van der Waals surface area contributed by atoms with Crippen molar-refractivity contribution in [2.24, 2.45) is 0 Å². The maximum absolute atomic E-state index is 12.8. The molecule has 1 saturated carbocycles. The molecule has 6 nitrogen and oxygen atoms in total. The lowest BCUT2D eigenvalue weighted by atomic mass is 9.93. The molecule has 1 heterocycles. The van der Waals surface area contributed by atoms with Crippen LogP contribution in [-0.2, 0) is 27.0 Å². The Bertz CT molecular complexity index is 1450. The molecular formula is C32H32N2O4. The molecular weight excluding hydrogens is 476 g/mol. The Hall–Kier alpha value is -4.19. The van der Waals surface area contributed by atoms with Crippen molar-refractivity contribution in [1.82, 2.24) is 10.5 Å². The third-order valence-electron chi connectivity index (χ3n) is 7.61. The average molecular weight is 509 g/mol. The molecule has 0 unspecified atom stereocenters. The zero-order valence-electron chi connectivity index (χ0n) is 22.0. The highest BCUT2D eigenvalue weighted by atomic mass is 16.5. The number of nitrogens with zero attached hydrogens (tertiary/aromatic N) is 1. The molecule has 0 aliphatic heterocycles. The van der Waals surface area contributed by atoms with Crippen LogP contribution in [0, 0.1) is 6.92 Å². The Morgan fingerprint density at radius 3 is 2.08 bits per heavy atom. The van der Waals surface area contributed by atoms with Gasteiger partial charge >= 0.3 is 5.97 Å². The predicted octanol–water partition coefficient (Wildman–Crippen LogP) is 6.42. The second-order valence-electron chi connectivity index (χ2n) is 10.7. The summed E-state index contributed by atoms with van der Waals surface area (Å²) in [6, 6.07) is 25.8. The Balaban J connectivity index is 1.27. The highest BCUT2D eigenvalue weighted by molar-refractivity contribution is 5.85. The number of hydrogen-bond donors (Lipinski definition) is 2. The number of carboxylic acid groups (broad SMARTS) is 1. The van der Waals surface area contributed by atoms with Gasteiger partial charge in [0.15, 0.2) is 5.76 Å². The first-order chi connectivity index (χ1) is 18.2. The first-order valence-electron chi connectivity index (χ1n) is 13.0. The van der Waals surface area contributed by atoms with Crippen molar-refractivity contribution in [3.8, 4) is 22.5 Å². The quantitative estimate of drug-likeness (QED) is 0.272. The van der Waals surface area contributed by atoms with Crippen molar-refractivity contribution in [2.45, 2.75) is 57.4 Å². The minimum atomic E-state index is -0.745. The van der Waals surface area contributed by atoms with Gasteiger partial charge in [0.1, 0.15) is 0 Å². The van der Waals surface area contributed by atoms with Crippen molar-refractivity contribution in [1.29, 1.82) is 0 Å². The van der Waals surface area contributed by atoms with Crippen LogP contribution in [0.25, 0.3) is 22.5 Å². The fourth-order valence-corrected chi connectivity index (χ4v) is 5.03. The van der Waals surface area contributed by atoms with Gasteiger partial charge in [-0.15, -0.1) is 0 Å². The minimum absolute atomic E-state index is 0.0277. The fourth-order valence-electron chi connectivity index (χ4n) is 5.03. The summed E-state index contributed by atoms with van der Waals surface area (Å²) in [5.74, 6) is -0.0955. The number of amides is 1. The molecule has 2 N–H and O–H groups in total. The fraction of sp³-hybridized carbons (Fsp3) is 0.281. The Labute approximate surface area is 222 Å². The van der Waals surface area contributed by atoms with Gasteiger partial charge < -0.3 is 14.9 Å². The van der Waals surface area contributed by atoms with Gasteiger partial charge in [0, 0.05) is 17.5 Å². The molecule has 1 aliphatic carbocycles. The number of aryl methyl sites for hydroxylation is 1. The summed E-state index contributed by atoms with van der Waals surface area (Å²) >= 11 is 0. The van der Waals surface area contributed by atoms with E-state index in [1.807, 2.05) is 99.6 Å². The first kappa shape index (κ1) is 25.5. The second-order valence-corrected chi connectivity index (χ2v) is 10.7. The number of rotatable bonds is 9. The van der Waals surface area contributed by atoms with Crippen LogP contribution in [0.1, 0.15) is 55.5 Å². The Morgan fingerprint density at radius 1 is 0.921 bits per heavy atom. The van der Waals surface area contributed by atoms with Crippen LogP contribution in [0.5, 0.6) is 0 Å². The SMILES string of the molecule is Cc1noc(-c2ccc(-c3ccc(C4(C(=O)O)CC4)cc3)cc2)c1CCC(=O)NC(C)(C)c1ccccc1. The van der Waals surface area contributed by atoms with E-state index in [4.69, 9.17) is 4.52 Å². The lowest BCUT2D eigenvalue weighted by Gasteiger charge is -2.27. The molecule has 1 aliphatic rings. The second kappa shape index (κ2) is 9.93. The predicted molar refractivity (Wildman–Crippen MR) is 147 cm³/mol. The first-order valence-corrected chi connectivity index (χ1v) is 13.0. The van der Waals surface area contributed by atoms with Gasteiger partial charge in [-0.05, 0) is 62.3 Å². The van der Waals surface area contributed by atoms with Crippen molar-refractivity contribution < 1.29 is 19.2 Å². The third-order valence-corrected chi connectivity index (χ3v) is 7.61. The number of aromatic nitrogens is 1. The van der Waals surface area contributed by atoms with Crippen LogP contribution in [0.15, 0.2) is 83.4 Å². The van der Waals surface area contributed by atoms with Gasteiger partial charge in [-0.3, -0.25) is 9.59 Å². The number of aliphatic carboxylic acids is 1. The van der Waals surface area contributed by atoms with Crippen LogP contribution in [0.3, 0.4) is 0 Å². The van der Waals surface area contributed by atoms with E-state index >= 15 is 0 Å². The average Bonchev–Trinajstić information content (AvgIpc) is 3.66. The molecule has 0 atom stereocenters. The summed E-state index contributed by atoms with van der Waals surface area (Å²) < 4.78 is 5.67. The summed E-state index contributed by atoms with van der Waals surface area (Å²) in [6.07, 6.45) is 2.24. The van der Waals surface area contributed by atoms with E-state index < -0.39 is 16.9 Å². The van der Waals surface area contributed by atoms with Crippen molar-refractivity contribution in [2.75, 3.05) is 0 Å². The number of carbonyl (C=O) groups is 2. The van der Waals surface area contributed by atoms with Gasteiger partial charge in [-0.2, -0.15) is 0 Å². The zero-order chi connectivity index (χ0) is 26.9. The van der Waals surface area contributed by atoms with E-state index in [1.165, 1.54) is 0 Å². The smallest absolute Gasteiger partial charge is 0.314 e. The van der Waals surface area contributed by atoms with E-state index in [1.54, 1.807) is 0 Å². The third kappa shape index (κ3) is 4.99. The molecule has 0 bridgehead atoms. The van der Waals surface area contributed by atoms with E-state index in [2.05, 4.69) is 10.5 Å². The normalized spacial score (nSPS) is 14.2. The van der Waals surface area contributed by atoms with E-state index in [0.29, 0.717) is 31.4 Å². The minimum Gasteiger partial charge on any atom is -0.481 e. The van der Waals surface area contributed by atoms with E-state index in [0.717, 1.165) is 39.1 Å². The molecule has 1 amide bonds. The number of carbonyl (C=O) groups excluding carboxylic acids is 1. The number of hydrogen-bond acceptors (Lipinski definition) is 4. The van der Waals surface area contributed by atoms with Gasteiger partial charge in [-0.1, -0.05) is 84.0 Å². The molecule has 0 saturated heterocycles. The van der Waals surface area contributed by atoms with Crippen LogP contribution in [0.4, 0.5) is 0 Å². The van der Waals surface area contributed by atoms with Crippen molar-refractivity contribution in [3.05, 3.63) is 101 Å². The maximum atomic E-state index is 12.8. The molecule has 5 rings (SSSR count). The number of benzene rings is 3. The van der Waals surface area contributed by atoms with Gasteiger partial charge in [0.25, 0.3) is 0 Å². The van der Waals surface area contributed by atoms with Crippen molar-refractivity contribution in [3.63, 3.8) is 0 Å². The molecule has 6 heteroatoms. The molecule has 0 radical (unpaired) electrons. The standard InChI is InChI=1S/C32H32N2O4/c1-21-27(17-18-28(35)33-31(2,3)25-7-5-4-6-8-25)29(38-34-21)24-11-9-22(10-12-24)23-13-15-26(16-14-23)32(19-20-32)30(36)37/h4-16H,17-20H2,1-3H3,(H,33,35)(H,36,37). The zero-order valence-corrected chi connectivity index (χ0v) is 22.0. The van der Waals surface area contributed by atoms with Crippen LogP contribution in [-0.4, -0.2) is 22.1 Å². The lowest BCUT2D eigenvalue weighted by molar-refractivity contribution is -0.140. The molecule has 0 spiro atoms. The lowest BCUT2D eigenvalue weighted by Crippen LogP contribution is -2.41. The highest BCUT2D eigenvalue weighted by Gasteiger charge is 2.51. The summed E-state index contributed by atoms with van der Waals surface area (Å²) in [5.41, 5.74) is 5.41. The van der Waals surface area contributed by atoms with Crippen LogP contribution in [0.2, 0.25) is 0 Å². The maximum Gasteiger partial charge on any atom is 0.314 e. The van der Waals surface area contributed by atoms with Crippen molar-refractivity contribution >= 4 is 11.9 Å². The molecule has 3 aromatic carbocycles. The van der Waals surface area contributed by atoms with E-state index in [9.17, 15) is 14.7 Å². The largest absolute Gasteiger partial charge is 0.481 e. The molecule has 1 aromatic heterocycles. The Kier molecular flexibility index (Phi) is 6.66. The van der Waals surface area contributed by atoms with Gasteiger partial charge in [0.05, 0.1) is 16.6 Å². The molecule has 38 heavy (non-hydrogen) atoms. The highest BCUT2D eigenvalue weighted by Crippen LogP contribution is 2.48. The van der Waals surface area contributed by atoms with Crippen LogP contribution < -0.4 is 5.32 Å². The molecule has 1 fully saturated rings. The van der Waals surface area contributed by atoms with E-state index in [-0.39, 0.29) is 5.91 Å². The number of carboxylic acids is 1. The van der Waals surface area contributed by atoms with Crippen LogP contribution >= 0.6 is 0 Å². The monoisotopic (exact) mass is 508 g/mol. The van der Waals surface area contributed by atoms with Gasteiger partial charge in [-0.25, -0.2) is 0 Å². The topological polar surface area (TPSA) is 92.4 Å². The molecule has 194 valence electrons. The summed E-state index contributed by atoms with van der Waals surface area (Å²) in [4.78, 5) is 24.4. The van der Waals surface area contributed by atoms with Gasteiger partial charge in [0.2, 0.25) is 5.91 Å². The molecule has 4 aromatic rings. The summed E-state index contributed by atoms with van der Waals surface area (Å²) in [5, 5.41) is 16.8. The Morgan fingerprint density at radius 2 is 1.50 bits per heavy atom. The summed E-state index contributed by atoms with van der Waals surface area (Å²) in [7, 11) is 0. The number of nitrogens with one attached hydrogen (secondary N) is 1.